The topological polar surface area (TPSA) is 49.8 Å². The van der Waals surface area contributed by atoms with Gasteiger partial charge in [-0.2, -0.15) is 0 Å². The van der Waals surface area contributed by atoms with Crippen LogP contribution in [0.25, 0.3) is 0 Å². The van der Waals surface area contributed by atoms with Crippen molar-refractivity contribution in [2.75, 3.05) is 17.2 Å². The van der Waals surface area contributed by atoms with Gasteiger partial charge in [0.15, 0.2) is 0 Å². The minimum absolute atomic E-state index is 0.230. The van der Waals surface area contributed by atoms with Crippen LogP contribution in [-0.2, 0) is 0 Å². The second kappa shape index (κ2) is 6.52. The van der Waals surface area contributed by atoms with E-state index in [9.17, 15) is 4.39 Å². The average molecular weight is 288 g/mol. The summed E-state index contributed by atoms with van der Waals surface area (Å²) in [6.45, 7) is 8.73. The molecule has 112 valence electrons. The van der Waals surface area contributed by atoms with Gasteiger partial charge in [0.25, 0.3) is 0 Å². The molecule has 5 heteroatoms. The number of hydrogen-bond donors (Lipinski definition) is 2. The number of benzene rings is 1. The normalized spacial score (nSPS) is 10.8. The zero-order valence-corrected chi connectivity index (χ0v) is 12.9. The van der Waals surface area contributed by atoms with E-state index in [1.54, 1.807) is 13.0 Å². The molecule has 0 radical (unpaired) electrons. The van der Waals surface area contributed by atoms with Gasteiger partial charge in [-0.3, -0.25) is 0 Å². The van der Waals surface area contributed by atoms with Crippen LogP contribution >= 0.6 is 0 Å². The predicted molar refractivity (Wildman–Crippen MR) is 84.7 cm³/mol. The number of nitrogens with one attached hydrogen (secondary N) is 2. The third kappa shape index (κ3) is 3.29. The zero-order chi connectivity index (χ0) is 15.4. The van der Waals surface area contributed by atoms with Crippen molar-refractivity contribution in [3.8, 4) is 0 Å². The van der Waals surface area contributed by atoms with Gasteiger partial charge in [0.2, 0.25) is 0 Å². The maximum absolute atomic E-state index is 13.7. The lowest BCUT2D eigenvalue weighted by Gasteiger charge is -2.18. The van der Waals surface area contributed by atoms with Gasteiger partial charge < -0.3 is 10.6 Å². The van der Waals surface area contributed by atoms with Gasteiger partial charge in [0.1, 0.15) is 23.8 Å². The molecule has 0 aliphatic rings. The number of rotatable bonds is 5. The Bertz CT molecular complexity index is 626. The highest BCUT2D eigenvalue weighted by molar-refractivity contribution is 5.67. The number of hydrogen-bond acceptors (Lipinski definition) is 4. The van der Waals surface area contributed by atoms with Crippen molar-refractivity contribution >= 4 is 17.3 Å². The summed E-state index contributed by atoms with van der Waals surface area (Å²) in [5, 5.41) is 6.48. The van der Waals surface area contributed by atoms with Crippen LogP contribution < -0.4 is 10.6 Å². The molecule has 4 nitrogen and oxygen atoms in total. The van der Waals surface area contributed by atoms with E-state index < -0.39 is 0 Å². The van der Waals surface area contributed by atoms with E-state index in [1.165, 1.54) is 12.4 Å². The van der Waals surface area contributed by atoms with Gasteiger partial charge in [-0.15, -0.1) is 0 Å². The molecule has 0 saturated carbocycles. The molecule has 0 unspecified atom stereocenters. The summed E-state index contributed by atoms with van der Waals surface area (Å²) in [5.41, 5.74) is 2.30. The molecule has 1 aromatic heterocycles. The largest absolute Gasteiger partial charge is 0.370 e. The van der Waals surface area contributed by atoms with E-state index in [0.717, 1.165) is 23.6 Å². The zero-order valence-electron chi connectivity index (χ0n) is 12.9. The Labute approximate surface area is 124 Å². The summed E-state index contributed by atoms with van der Waals surface area (Å²) in [7, 11) is 0. The van der Waals surface area contributed by atoms with Gasteiger partial charge in [-0.25, -0.2) is 14.4 Å². The Morgan fingerprint density at radius 3 is 2.57 bits per heavy atom. The highest BCUT2D eigenvalue weighted by atomic mass is 19.1. The molecular weight excluding hydrogens is 267 g/mol. The van der Waals surface area contributed by atoms with E-state index in [1.807, 2.05) is 13.0 Å². The minimum atomic E-state index is -0.230. The Hall–Kier alpha value is -2.17. The van der Waals surface area contributed by atoms with Crippen molar-refractivity contribution < 1.29 is 4.39 Å². The van der Waals surface area contributed by atoms with Crippen molar-refractivity contribution in [1.29, 1.82) is 0 Å². The lowest BCUT2D eigenvalue weighted by Crippen LogP contribution is -2.09. The molecule has 0 atom stereocenters. The first-order chi connectivity index (χ1) is 10.0. The summed E-state index contributed by atoms with van der Waals surface area (Å²) in [4.78, 5) is 8.62. The number of halogens is 1. The molecule has 0 aliphatic carbocycles. The standard InChI is InChI=1S/C16H21FN4/c1-5-18-15-14(10(2)3)16(20-9-19-15)21-13-8-6-7-12(17)11(13)4/h6-10H,5H2,1-4H3,(H2,18,19,20,21). The Balaban J connectivity index is 2.44. The number of aromatic nitrogens is 2. The Morgan fingerprint density at radius 1 is 1.19 bits per heavy atom. The van der Waals surface area contributed by atoms with Crippen molar-refractivity contribution in [2.45, 2.75) is 33.6 Å². The maximum atomic E-state index is 13.7. The lowest BCUT2D eigenvalue weighted by atomic mass is 10.0. The molecule has 2 N–H and O–H groups in total. The molecule has 2 aromatic rings. The molecule has 0 saturated heterocycles. The molecule has 0 aliphatic heterocycles. The second-order valence-corrected chi connectivity index (χ2v) is 5.21. The lowest BCUT2D eigenvalue weighted by molar-refractivity contribution is 0.619. The van der Waals surface area contributed by atoms with Crippen molar-refractivity contribution in [3.05, 3.63) is 41.5 Å². The van der Waals surface area contributed by atoms with Gasteiger partial charge in [-0.1, -0.05) is 19.9 Å². The first-order valence-corrected chi connectivity index (χ1v) is 7.15. The first kappa shape index (κ1) is 15.2. The second-order valence-electron chi connectivity index (χ2n) is 5.21. The quantitative estimate of drug-likeness (QED) is 0.864. The number of anilines is 3. The van der Waals surface area contributed by atoms with Gasteiger partial charge >= 0.3 is 0 Å². The molecule has 0 bridgehead atoms. The molecular formula is C16H21FN4. The van der Waals surface area contributed by atoms with Crippen LogP contribution in [0, 0.1) is 12.7 Å². The molecule has 0 amide bonds. The smallest absolute Gasteiger partial charge is 0.139 e. The van der Waals surface area contributed by atoms with Crippen molar-refractivity contribution in [1.82, 2.24) is 9.97 Å². The summed E-state index contributed by atoms with van der Waals surface area (Å²) < 4.78 is 13.7. The number of nitrogens with zero attached hydrogens (tertiary/aromatic N) is 2. The third-order valence-corrected chi connectivity index (χ3v) is 3.33. The summed E-state index contributed by atoms with van der Waals surface area (Å²) in [6, 6.07) is 4.98. The monoisotopic (exact) mass is 288 g/mol. The Morgan fingerprint density at radius 2 is 1.90 bits per heavy atom. The Kier molecular flexibility index (Phi) is 4.73. The summed E-state index contributed by atoms with van der Waals surface area (Å²) in [6.07, 6.45) is 1.51. The summed E-state index contributed by atoms with van der Waals surface area (Å²) in [5.74, 6) is 1.55. The van der Waals surface area contributed by atoms with E-state index >= 15 is 0 Å². The van der Waals surface area contributed by atoms with E-state index in [2.05, 4.69) is 34.4 Å². The van der Waals surface area contributed by atoms with Crippen LogP contribution in [0.15, 0.2) is 24.5 Å². The van der Waals surface area contributed by atoms with Gasteiger partial charge in [0, 0.05) is 23.4 Å². The van der Waals surface area contributed by atoms with Gasteiger partial charge in [-0.05, 0) is 31.9 Å². The van der Waals surface area contributed by atoms with Crippen LogP contribution in [0.3, 0.4) is 0 Å². The van der Waals surface area contributed by atoms with E-state index in [-0.39, 0.29) is 11.7 Å². The molecule has 0 fully saturated rings. The van der Waals surface area contributed by atoms with Gasteiger partial charge in [0.05, 0.1) is 0 Å². The molecule has 1 heterocycles. The molecule has 0 spiro atoms. The fraction of sp³-hybridized carbons (Fsp3) is 0.375. The molecule has 1 aromatic carbocycles. The first-order valence-electron chi connectivity index (χ1n) is 7.15. The van der Waals surface area contributed by atoms with E-state index in [0.29, 0.717) is 11.4 Å². The van der Waals surface area contributed by atoms with Crippen molar-refractivity contribution in [3.63, 3.8) is 0 Å². The van der Waals surface area contributed by atoms with Crippen LogP contribution in [0.2, 0.25) is 0 Å². The maximum Gasteiger partial charge on any atom is 0.139 e. The summed E-state index contributed by atoms with van der Waals surface area (Å²) >= 11 is 0. The van der Waals surface area contributed by atoms with Crippen LogP contribution in [-0.4, -0.2) is 16.5 Å². The average Bonchev–Trinajstić information content (AvgIpc) is 2.44. The fourth-order valence-corrected chi connectivity index (χ4v) is 2.22. The van der Waals surface area contributed by atoms with Crippen LogP contribution in [0.4, 0.5) is 21.7 Å². The molecule has 21 heavy (non-hydrogen) atoms. The molecule has 2 rings (SSSR count). The predicted octanol–water partition coefficient (Wildman–Crippen LogP) is 4.22. The fourth-order valence-electron chi connectivity index (χ4n) is 2.22. The van der Waals surface area contributed by atoms with Crippen LogP contribution in [0.1, 0.15) is 37.8 Å². The van der Waals surface area contributed by atoms with E-state index in [4.69, 9.17) is 0 Å². The highest BCUT2D eigenvalue weighted by Gasteiger charge is 2.15. The minimum Gasteiger partial charge on any atom is -0.370 e. The third-order valence-electron chi connectivity index (χ3n) is 3.33. The highest BCUT2D eigenvalue weighted by Crippen LogP contribution is 2.31. The SMILES string of the molecule is CCNc1ncnc(Nc2cccc(F)c2C)c1C(C)C. The van der Waals surface area contributed by atoms with Crippen molar-refractivity contribution in [2.24, 2.45) is 0 Å². The van der Waals surface area contributed by atoms with Crippen LogP contribution in [0.5, 0.6) is 0 Å².